The molecule has 0 bridgehead atoms. The Morgan fingerprint density at radius 1 is 1.16 bits per heavy atom. The molecule has 15 heteroatoms. The summed E-state index contributed by atoms with van der Waals surface area (Å²) in [5.41, 5.74) is 4.53. The molecule has 37 heavy (non-hydrogen) atoms. The van der Waals surface area contributed by atoms with Crippen molar-refractivity contribution in [1.82, 2.24) is 24.6 Å². The minimum absolute atomic E-state index is 0.0789. The lowest BCUT2D eigenvalue weighted by atomic mass is 9.95. The smallest absolute Gasteiger partial charge is 0.433 e. The SMILES string of the molecule is CC(F)(F)C(F)(F)COc1cccn2nc(N)nc12.CCN(CC1C=CC1)c1cc(C(F)(F)F)ncn1. The first kappa shape index (κ1) is 27.9. The normalized spacial score (nSPS) is 15.6. The fraction of sp³-hybridized carbons (Fsp3) is 0.455. The van der Waals surface area contributed by atoms with E-state index in [-0.39, 0.29) is 24.3 Å². The lowest BCUT2D eigenvalue weighted by Gasteiger charge is -2.28. The van der Waals surface area contributed by atoms with Gasteiger partial charge in [-0.05, 0) is 31.4 Å². The van der Waals surface area contributed by atoms with E-state index in [0.717, 1.165) is 18.8 Å². The molecular weight excluding hydrogens is 511 g/mol. The minimum Gasteiger partial charge on any atom is -0.483 e. The molecule has 0 fully saturated rings. The van der Waals surface area contributed by atoms with E-state index < -0.39 is 30.3 Å². The van der Waals surface area contributed by atoms with Crippen LogP contribution in [0.3, 0.4) is 0 Å². The second-order valence-electron chi connectivity index (χ2n) is 8.21. The van der Waals surface area contributed by atoms with Crippen molar-refractivity contribution in [3.8, 4) is 5.75 Å². The molecule has 0 amide bonds. The predicted molar refractivity (Wildman–Crippen MR) is 121 cm³/mol. The van der Waals surface area contributed by atoms with Gasteiger partial charge in [0.2, 0.25) is 5.95 Å². The van der Waals surface area contributed by atoms with E-state index in [2.05, 4.69) is 32.2 Å². The van der Waals surface area contributed by atoms with Crippen molar-refractivity contribution >= 4 is 17.4 Å². The molecule has 1 unspecified atom stereocenters. The summed E-state index contributed by atoms with van der Waals surface area (Å²) < 4.78 is 95.0. The highest BCUT2D eigenvalue weighted by atomic mass is 19.4. The standard InChI is InChI=1S/C12H14F3N3.C10H10F4N4O/c1-2-18(7-9-4-3-5-9)11-6-10(12(13,14)15)16-8-17-11;1-9(11,12)10(13,14)5-19-6-3-2-4-18-7(6)16-8(15)17-18/h3-4,6,8-9H,2,5,7H2,1H3;2-4H,5H2,1H3,(H2,15,17). The number of anilines is 2. The van der Waals surface area contributed by atoms with Gasteiger partial charge in [0.25, 0.3) is 0 Å². The molecule has 3 aromatic heterocycles. The van der Waals surface area contributed by atoms with Gasteiger partial charge in [-0.15, -0.1) is 5.10 Å². The van der Waals surface area contributed by atoms with Crippen molar-refractivity contribution in [3.05, 3.63) is 48.6 Å². The highest BCUT2D eigenvalue weighted by Crippen LogP contribution is 2.34. The number of aromatic nitrogens is 5. The fourth-order valence-electron chi connectivity index (χ4n) is 3.11. The first-order chi connectivity index (χ1) is 17.2. The Bertz CT molecular complexity index is 1220. The fourth-order valence-corrected chi connectivity index (χ4v) is 3.11. The number of hydrogen-bond donors (Lipinski definition) is 1. The van der Waals surface area contributed by atoms with Gasteiger partial charge in [-0.1, -0.05) is 12.2 Å². The van der Waals surface area contributed by atoms with Crippen molar-refractivity contribution in [3.63, 3.8) is 0 Å². The molecule has 0 aliphatic heterocycles. The molecule has 4 rings (SSSR count). The molecule has 1 aliphatic carbocycles. The van der Waals surface area contributed by atoms with Gasteiger partial charge in [0.15, 0.2) is 18.0 Å². The number of hydrogen-bond acceptors (Lipinski definition) is 7. The summed E-state index contributed by atoms with van der Waals surface area (Å²) in [7, 11) is 0. The zero-order chi connectivity index (χ0) is 27.4. The zero-order valence-corrected chi connectivity index (χ0v) is 19.8. The Kier molecular flexibility index (Phi) is 8.12. The van der Waals surface area contributed by atoms with Crippen LogP contribution in [0, 0.1) is 5.92 Å². The van der Waals surface area contributed by atoms with Gasteiger partial charge in [0.05, 0.1) is 0 Å². The molecule has 8 nitrogen and oxygen atoms in total. The Hall–Kier alpha value is -3.65. The molecule has 3 aromatic rings. The summed E-state index contributed by atoms with van der Waals surface area (Å²) in [6.45, 7) is 1.88. The van der Waals surface area contributed by atoms with Crippen LogP contribution in [0.4, 0.5) is 42.5 Å². The van der Waals surface area contributed by atoms with E-state index >= 15 is 0 Å². The van der Waals surface area contributed by atoms with Crippen LogP contribution in [0.5, 0.6) is 5.75 Å². The first-order valence-corrected chi connectivity index (χ1v) is 11.0. The molecule has 0 spiro atoms. The lowest BCUT2D eigenvalue weighted by molar-refractivity contribution is -0.210. The third-order valence-corrected chi connectivity index (χ3v) is 5.34. The molecule has 1 aliphatic rings. The van der Waals surface area contributed by atoms with Crippen LogP contribution in [0.2, 0.25) is 0 Å². The average Bonchev–Trinajstić information content (AvgIpc) is 3.17. The van der Waals surface area contributed by atoms with E-state index in [1.54, 1.807) is 0 Å². The number of fused-ring (bicyclic) bond motifs is 1. The lowest BCUT2D eigenvalue weighted by Crippen LogP contribution is -2.42. The van der Waals surface area contributed by atoms with Crippen LogP contribution < -0.4 is 15.4 Å². The number of allylic oxidation sites excluding steroid dienone is 1. The molecule has 0 radical (unpaired) electrons. The molecular formula is C22H24F7N7O. The van der Waals surface area contributed by atoms with Gasteiger partial charge in [-0.25, -0.2) is 23.3 Å². The van der Waals surface area contributed by atoms with Gasteiger partial charge in [-0.2, -0.15) is 26.9 Å². The van der Waals surface area contributed by atoms with E-state index in [1.165, 1.54) is 22.8 Å². The number of ether oxygens (including phenoxy) is 1. The number of nitrogen functional groups attached to an aromatic ring is 1. The summed E-state index contributed by atoms with van der Waals surface area (Å²) >= 11 is 0. The summed E-state index contributed by atoms with van der Waals surface area (Å²) in [5, 5.41) is 3.73. The first-order valence-electron chi connectivity index (χ1n) is 11.0. The van der Waals surface area contributed by atoms with Crippen LogP contribution in [0.25, 0.3) is 5.65 Å². The Morgan fingerprint density at radius 3 is 2.43 bits per heavy atom. The summed E-state index contributed by atoms with van der Waals surface area (Å²) in [4.78, 5) is 12.8. The summed E-state index contributed by atoms with van der Waals surface area (Å²) in [6, 6.07) is 3.76. The van der Waals surface area contributed by atoms with Crippen molar-refractivity contribution in [1.29, 1.82) is 0 Å². The van der Waals surface area contributed by atoms with E-state index in [4.69, 9.17) is 10.5 Å². The molecule has 0 saturated carbocycles. The monoisotopic (exact) mass is 535 g/mol. The van der Waals surface area contributed by atoms with E-state index in [9.17, 15) is 30.7 Å². The van der Waals surface area contributed by atoms with Crippen molar-refractivity contribution in [2.75, 3.05) is 30.3 Å². The van der Waals surface area contributed by atoms with Crippen LogP contribution >= 0.6 is 0 Å². The van der Waals surface area contributed by atoms with Gasteiger partial charge in [0, 0.05) is 32.3 Å². The van der Waals surface area contributed by atoms with Crippen LogP contribution in [-0.4, -0.2) is 56.1 Å². The van der Waals surface area contributed by atoms with Crippen molar-refractivity contribution in [2.24, 2.45) is 5.92 Å². The number of alkyl halides is 7. The summed E-state index contributed by atoms with van der Waals surface area (Å²) in [6.07, 6.45) is 3.12. The van der Waals surface area contributed by atoms with Gasteiger partial charge >= 0.3 is 18.0 Å². The van der Waals surface area contributed by atoms with E-state index in [1.807, 2.05) is 11.8 Å². The summed E-state index contributed by atoms with van der Waals surface area (Å²) in [5.74, 6) is -7.90. The Balaban J connectivity index is 0.000000206. The van der Waals surface area contributed by atoms with Crippen molar-refractivity contribution < 1.29 is 35.5 Å². The number of nitrogens with zero attached hydrogens (tertiary/aromatic N) is 6. The number of pyridine rings is 1. The predicted octanol–water partition coefficient (Wildman–Crippen LogP) is 4.88. The Labute approximate surface area is 207 Å². The van der Waals surface area contributed by atoms with Gasteiger partial charge < -0.3 is 15.4 Å². The van der Waals surface area contributed by atoms with Crippen molar-refractivity contribution in [2.45, 2.75) is 38.3 Å². The number of halogens is 7. The maximum atomic E-state index is 13.1. The van der Waals surface area contributed by atoms with E-state index in [0.29, 0.717) is 24.8 Å². The molecule has 1 atom stereocenters. The number of rotatable bonds is 8. The highest BCUT2D eigenvalue weighted by molar-refractivity contribution is 5.54. The Morgan fingerprint density at radius 2 is 1.86 bits per heavy atom. The highest BCUT2D eigenvalue weighted by Gasteiger charge is 2.53. The van der Waals surface area contributed by atoms with Crippen LogP contribution in [0.15, 0.2) is 42.9 Å². The third kappa shape index (κ3) is 6.98. The second kappa shape index (κ2) is 10.8. The third-order valence-electron chi connectivity index (χ3n) is 5.34. The average molecular weight is 535 g/mol. The maximum absolute atomic E-state index is 13.1. The molecule has 2 N–H and O–H groups in total. The quantitative estimate of drug-likeness (QED) is 0.325. The number of nitrogens with two attached hydrogens (primary N) is 1. The van der Waals surface area contributed by atoms with Crippen LogP contribution in [-0.2, 0) is 6.18 Å². The topological polar surface area (TPSA) is 94.5 Å². The molecule has 0 aromatic carbocycles. The zero-order valence-electron chi connectivity index (χ0n) is 19.8. The molecule has 202 valence electrons. The largest absolute Gasteiger partial charge is 0.483 e. The van der Waals surface area contributed by atoms with Gasteiger partial charge in [0.1, 0.15) is 17.8 Å². The van der Waals surface area contributed by atoms with Gasteiger partial charge in [-0.3, -0.25) is 0 Å². The molecule has 3 heterocycles. The molecule has 0 saturated heterocycles. The minimum atomic E-state index is -4.42. The van der Waals surface area contributed by atoms with Crippen LogP contribution in [0.1, 0.15) is 26.0 Å². The second-order valence-corrected chi connectivity index (χ2v) is 8.21. The maximum Gasteiger partial charge on any atom is 0.433 e.